The van der Waals surface area contributed by atoms with Crippen LogP contribution >= 0.6 is 68.0 Å². The molecule has 2 amide bonds. The van der Waals surface area contributed by atoms with Crippen molar-refractivity contribution in [2.24, 2.45) is 11.8 Å². The number of rotatable bonds is 57. The minimum absolute atomic E-state index is 0.0382. The summed E-state index contributed by atoms with van der Waals surface area (Å²) in [5, 5.41) is 0. The highest BCUT2D eigenvalue weighted by molar-refractivity contribution is 7.29. The van der Waals surface area contributed by atoms with Crippen LogP contribution in [-0.2, 0) is 38.7 Å². The average molecular weight is 1590 g/mol. The second-order valence-corrected chi connectivity index (χ2v) is 42.4. The van der Waals surface area contributed by atoms with Gasteiger partial charge in [-0.2, -0.15) is 0 Å². The van der Waals surface area contributed by atoms with Crippen LogP contribution in [0.2, 0.25) is 0 Å². The summed E-state index contributed by atoms with van der Waals surface area (Å²) in [5.74, 6) is 0.827. The third-order valence-corrected chi connectivity index (χ3v) is 33.0. The third kappa shape index (κ3) is 24.4. The first-order chi connectivity index (χ1) is 52.9. The summed E-state index contributed by atoms with van der Waals surface area (Å²) >= 11 is 11.9. The zero-order valence-corrected chi connectivity index (χ0v) is 76.7. The molecular formula is C99H152N2O2S6. The Bertz CT molecular complexity index is 3720. The Labute approximate surface area is 691 Å². The number of hydrogen-bond donors (Lipinski definition) is 0. The smallest absolute Gasteiger partial charge is 0.261 e. The summed E-state index contributed by atoms with van der Waals surface area (Å²) in [5.41, 5.74) is 9.65. The average Bonchev–Trinajstić information content (AvgIpc) is 1.54. The summed E-state index contributed by atoms with van der Waals surface area (Å²) in [4.78, 5) is 54.4. The molecule has 109 heavy (non-hydrogen) atoms. The van der Waals surface area contributed by atoms with Crippen LogP contribution in [0.3, 0.4) is 0 Å². The van der Waals surface area contributed by atoms with Crippen molar-refractivity contribution in [2.45, 2.75) is 421 Å². The monoisotopic (exact) mass is 1590 g/mol. The minimum Gasteiger partial charge on any atom is -0.306 e. The second kappa shape index (κ2) is 45.8. The Kier molecular flexibility index (Phi) is 37.6. The largest absolute Gasteiger partial charge is 0.306 e. The lowest BCUT2D eigenvalue weighted by Crippen LogP contribution is -2.34. The van der Waals surface area contributed by atoms with E-state index in [1.807, 2.05) is 45.3 Å². The molecule has 606 valence electrons. The molecule has 0 fully saturated rings. The standard InChI is InChI=1S/C99H152N2O2S6/c1-15-23-31-39-43-49-57-73(55-47-35-27-19-5)71-100-89(87-88(96(100)103)90(101(95(87)102)72-74(56-48-36-28-20-6)58-50-44-40-32-24-16-2)82-64-62-80(105-82)84-68-76(60-52-38-30-22-8)94(108-84)98(12,13)14)81-63-61-79(104-81)83-67-75(59-51-37-29-21-7)91(106-83)85-69-77-92(107-85)93-78(70-86(109-93)97(9,10)11)99(77,65-53-45-41-33-25-17-3)66-54-46-42-34-26-18-4/h61-64,67-70,73-74H,15-60,65-66,71-72H2,1-14H3. The van der Waals surface area contributed by atoms with Crippen LogP contribution in [0.25, 0.3) is 50.4 Å². The highest BCUT2D eigenvalue weighted by Crippen LogP contribution is 2.63. The molecule has 9 rings (SSSR count). The van der Waals surface area contributed by atoms with E-state index < -0.39 is 0 Å². The van der Waals surface area contributed by atoms with E-state index in [0.29, 0.717) is 36.1 Å². The van der Waals surface area contributed by atoms with Gasteiger partial charge in [0.1, 0.15) is 0 Å². The van der Waals surface area contributed by atoms with Crippen LogP contribution in [0, 0.1) is 11.8 Å². The Morgan fingerprint density at radius 2 is 0.661 bits per heavy atom. The molecule has 1 aliphatic carbocycles. The Morgan fingerprint density at radius 1 is 0.321 bits per heavy atom. The second-order valence-electron chi connectivity index (χ2n) is 36.0. The molecule has 0 spiro atoms. The zero-order valence-electron chi connectivity index (χ0n) is 71.8. The lowest BCUT2D eigenvalue weighted by Gasteiger charge is -2.32. The normalized spacial score (nSPS) is 15.0. The highest BCUT2D eigenvalue weighted by Gasteiger charge is 2.51. The number of thiophene rings is 6. The summed E-state index contributed by atoms with van der Waals surface area (Å²) < 4.78 is 0. The molecule has 4 nitrogen and oxygen atoms in total. The molecule has 6 aromatic rings. The maximum absolute atomic E-state index is 16.8. The Hall–Kier alpha value is -3.38. The maximum atomic E-state index is 16.8. The molecular weight excluding hydrogens is 1440 g/mol. The van der Waals surface area contributed by atoms with Gasteiger partial charge in [0.2, 0.25) is 0 Å². The number of unbranched alkanes of at least 4 members (excludes halogenated alkanes) is 32. The molecule has 2 aliphatic heterocycles. The molecule has 2 atom stereocenters. The summed E-state index contributed by atoms with van der Waals surface area (Å²) in [6.45, 7) is 34.4. The number of carbonyl (C=O) groups is 2. The van der Waals surface area contributed by atoms with Gasteiger partial charge in [0.25, 0.3) is 11.8 Å². The molecule has 0 N–H and O–H groups in total. The fourth-order valence-corrected chi connectivity index (χ4v) is 25.7. The lowest BCUT2D eigenvalue weighted by molar-refractivity contribution is -0.124. The van der Waals surface area contributed by atoms with Gasteiger partial charge >= 0.3 is 0 Å². The van der Waals surface area contributed by atoms with Crippen molar-refractivity contribution < 1.29 is 9.59 Å². The van der Waals surface area contributed by atoms with Crippen LogP contribution in [0.4, 0.5) is 0 Å². The van der Waals surface area contributed by atoms with Crippen molar-refractivity contribution in [1.29, 1.82) is 0 Å². The van der Waals surface area contributed by atoms with Crippen LogP contribution in [0.5, 0.6) is 0 Å². The number of aryl methyl sites for hydroxylation is 2. The van der Waals surface area contributed by atoms with Crippen molar-refractivity contribution in [3.63, 3.8) is 0 Å². The molecule has 0 saturated carbocycles. The highest BCUT2D eigenvalue weighted by atomic mass is 32.1. The van der Waals surface area contributed by atoms with Crippen LogP contribution in [0.1, 0.15) is 434 Å². The first kappa shape index (κ1) is 89.6. The predicted octanol–water partition coefficient (Wildman–Crippen LogP) is 34.1. The predicted molar refractivity (Wildman–Crippen MR) is 489 cm³/mol. The maximum Gasteiger partial charge on any atom is 0.261 e. The van der Waals surface area contributed by atoms with E-state index in [4.69, 9.17) is 0 Å². The number of amides is 2. The van der Waals surface area contributed by atoms with Crippen molar-refractivity contribution in [1.82, 2.24) is 9.80 Å². The molecule has 6 aromatic heterocycles. The van der Waals surface area contributed by atoms with Gasteiger partial charge in [0, 0.05) is 67.3 Å². The number of hydrogen-bond acceptors (Lipinski definition) is 8. The van der Waals surface area contributed by atoms with Crippen LogP contribution in [-0.4, -0.2) is 34.7 Å². The van der Waals surface area contributed by atoms with E-state index >= 15 is 9.59 Å². The van der Waals surface area contributed by atoms with E-state index in [9.17, 15) is 0 Å². The van der Waals surface area contributed by atoms with Crippen molar-refractivity contribution in [3.05, 3.63) is 101 Å². The first-order valence-electron chi connectivity index (χ1n) is 45.8. The number of fused-ring (bicyclic) bond motifs is 4. The fraction of sp³-hybridized carbons (Fsp3) is 0.697. The number of nitrogens with zero attached hydrogens (tertiary/aromatic N) is 2. The van der Waals surface area contributed by atoms with Gasteiger partial charge in [-0.1, -0.05) is 341 Å². The molecule has 0 saturated heterocycles. The zero-order chi connectivity index (χ0) is 77.8. The minimum atomic E-state index is 0.0382. The molecule has 0 bridgehead atoms. The van der Waals surface area contributed by atoms with E-state index in [2.05, 4.69) is 178 Å². The SMILES string of the molecule is CCCCCCCCC(CCCCCC)CN1C(=O)C2=C(c3ccc(-c4cc(CCCCCC)c(C(C)(C)C)s4)s3)N(CC(CCCCCC)CCCCCCCC)C(=O)C2=C1c1ccc(-c2cc(CCCCCC)c(-c3cc4c(s3)-c3sc(C(C)(C)C)cc3C4(CCCCCCCC)CCCCCCCC)s2)s1. The Morgan fingerprint density at radius 3 is 1.08 bits per heavy atom. The van der Waals surface area contributed by atoms with Gasteiger partial charge in [-0.15, -0.1) is 68.0 Å². The Balaban J connectivity index is 1.20. The van der Waals surface area contributed by atoms with E-state index in [-0.39, 0.29) is 28.1 Å². The van der Waals surface area contributed by atoms with Gasteiger partial charge < -0.3 is 9.80 Å². The van der Waals surface area contributed by atoms with Crippen LogP contribution < -0.4 is 0 Å². The van der Waals surface area contributed by atoms with Gasteiger partial charge in [-0.25, -0.2) is 0 Å². The van der Waals surface area contributed by atoms with Gasteiger partial charge in [0.15, 0.2) is 0 Å². The summed E-state index contributed by atoms with van der Waals surface area (Å²) in [6, 6.07) is 20.0. The van der Waals surface area contributed by atoms with Gasteiger partial charge in [0.05, 0.1) is 32.3 Å². The quantitative estimate of drug-likeness (QED) is 0.0357. The van der Waals surface area contributed by atoms with Gasteiger partial charge in [-0.3, -0.25) is 9.59 Å². The molecule has 0 radical (unpaired) electrons. The molecule has 0 aromatic carbocycles. The third-order valence-electron chi connectivity index (χ3n) is 24.6. The molecule has 10 heteroatoms. The van der Waals surface area contributed by atoms with E-state index in [0.717, 1.165) is 59.7 Å². The van der Waals surface area contributed by atoms with Crippen molar-refractivity contribution >= 4 is 91.2 Å². The summed E-state index contributed by atoms with van der Waals surface area (Å²) in [6.07, 6.45) is 59.9. The van der Waals surface area contributed by atoms with E-state index in [1.165, 1.54) is 315 Å². The fourth-order valence-electron chi connectivity index (χ4n) is 18.1. The molecule has 3 aliphatic rings. The summed E-state index contributed by atoms with van der Waals surface area (Å²) in [7, 11) is 0. The topological polar surface area (TPSA) is 40.6 Å². The van der Waals surface area contributed by atoms with Crippen molar-refractivity contribution in [3.8, 4) is 39.0 Å². The van der Waals surface area contributed by atoms with E-state index in [1.54, 1.807) is 25.8 Å². The lowest BCUT2D eigenvalue weighted by atomic mass is 9.71. The first-order valence-corrected chi connectivity index (χ1v) is 50.7. The molecule has 2 unspecified atom stereocenters. The van der Waals surface area contributed by atoms with Gasteiger partial charge in [-0.05, 0) is 158 Å². The number of carbonyl (C=O) groups excluding carboxylic acids is 2. The van der Waals surface area contributed by atoms with Crippen molar-refractivity contribution in [2.75, 3.05) is 13.1 Å². The van der Waals surface area contributed by atoms with Crippen LogP contribution in [0.15, 0.2) is 59.7 Å². The molecule has 8 heterocycles.